The van der Waals surface area contributed by atoms with Gasteiger partial charge in [0, 0.05) is 17.1 Å². The summed E-state index contributed by atoms with van der Waals surface area (Å²) in [5, 5.41) is 2.21. The molecule has 0 aliphatic carbocycles. The maximum absolute atomic E-state index is 14.0. The first-order valence-electron chi connectivity index (χ1n) is 8.76. The number of fused-ring (bicyclic) bond motifs is 1. The molecule has 0 atom stereocenters. The highest BCUT2D eigenvalue weighted by Gasteiger charge is 2.11. The van der Waals surface area contributed by atoms with Gasteiger partial charge in [-0.3, -0.25) is 4.98 Å². The smallest absolute Gasteiger partial charge is 0.129 e. The van der Waals surface area contributed by atoms with Crippen LogP contribution in [0.25, 0.3) is 33.2 Å². The first-order chi connectivity index (χ1) is 12.5. The van der Waals surface area contributed by atoms with Crippen LogP contribution in [0.3, 0.4) is 0 Å². The predicted molar refractivity (Wildman–Crippen MR) is 107 cm³/mol. The van der Waals surface area contributed by atoms with Crippen molar-refractivity contribution in [1.82, 2.24) is 4.98 Å². The molecule has 0 N–H and O–H groups in total. The van der Waals surface area contributed by atoms with Gasteiger partial charge in [-0.15, -0.1) is 0 Å². The highest BCUT2D eigenvalue weighted by Crippen LogP contribution is 2.32. The molecule has 0 fully saturated rings. The summed E-state index contributed by atoms with van der Waals surface area (Å²) in [5.41, 5.74) is 6.78. The third-order valence-electron chi connectivity index (χ3n) is 4.83. The molecule has 3 aromatic carbocycles. The lowest BCUT2D eigenvalue weighted by Gasteiger charge is -2.11. The molecule has 0 radical (unpaired) electrons. The van der Waals surface area contributed by atoms with Gasteiger partial charge < -0.3 is 0 Å². The molecule has 0 aliphatic heterocycles. The summed E-state index contributed by atoms with van der Waals surface area (Å²) in [5.74, 6) is -0.143. The van der Waals surface area contributed by atoms with E-state index >= 15 is 0 Å². The Morgan fingerprint density at radius 1 is 0.731 bits per heavy atom. The fourth-order valence-corrected chi connectivity index (χ4v) is 3.49. The largest absolute Gasteiger partial charge is 0.256 e. The van der Waals surface area contributed by atoms with Crippen molar-refractivity contribution in [3.63, 3.8) is 0 Å². The van der Waals surface area contributed by atoms with E-state index in [2.05, 4.69) is 54.4 Å². The molecule has 1 aromatic heterocycles. The van der Waals surface area contributed by atoms with Crippen LogP contribution in [0, 0.1) is 26.6 Å². The number of halogens is 1. The summed E-state index contributed by atoms with van der Waals surface area (Å²) in [7, 11) is 0. The quantitative estimate of drug-likeness (QED) is 0.398. The lowest BCUT2D eigenvalue weighted by Crippen LogP contribution is -1.92. The van der Waals surface area contributed by atoms with E-state index in [-0.39, 0.29) is 5.82 Å². The fraction of sp³-hybridized carbons (Fsp3) is 0.125. The predicted octanol–water partition coefficient (Wildman–Crippen LogP) is 6.63. The number of rotatable bonds is 2. The van der Waals surface area contributed by atoms with Gasteiger partial charge in [-0.25, -0.2) is 4.39 Å². The van der Waals surface area contributed by atoms with Crippen molar-refractivity contribution in [3.8, 4) is 22.4 Å². The Morgan fingerprint density at radius 2 is 1.46 bits per heavy atom. The van der Waals surface area contributed by atoms with Gasteiger partial charge in [0.1, 0.15) is 5.82 Å². The van der Waals surface area contributed by atoms with Crippen LogP contribution in [-0.2, 0) is 0 Å². The molecule has 0 bridgehead atoms. The van der Waals surface area contributed by atoms with Crippen LogP contribution in [-0.4, -0.2) is 4.98 Å². The second kappa shape index (κ2) is 6.38. The maximum Gasteiger partial charge on any atom is 0.129 e. The summed E-state index contributed by atoms with van der Waals surface area (Å²) in [6.07, 6.45) is 1.83. The molecule has 0 aliphatic rings. The molecule has 0 saturated heterocycles. The van der Waals surface area contributed by atoms with Crippen LogP contribution in [0.1, 0.15) is 16.7 Å². The number of aromatic nitrogens is 1. The zero-order valence-electron chi connectivity index (χ0n) is 15.2. The minimum Gasteiger partial charge on any atom is -0.256 e. The van der Waals surface area contributed by atoms with Crippen LogP contribution in [0.2, 0.25) is 0 Å². The van der Waals surface area contributed by atoms with Gasteiger partial charge in [0.25, 0.3) is 0 Å². The molecule has 0 unspecified atom stereocenters. The fourth-order valence-electron chi connectivity index (χ4n) is 3.49. The third kappa shape index (κ3) is 2.88. The number of hydrogen-bond acceptors (Lipinski definition) is 1. The summed E-state index contributed by atoms with van der Waals surface area (Å²) in [4.78, 5) is 4.58. The molecule has 1 heterocycles. The normalized spacial score (nSPS) is 11.1. The molecule has 0 spiro atoms. The van der Waals surface area contributed by atoms with Crippen molar-refractivity contribution >= 4 is 10.8 Å². The van der Waals surface area contributed by atoms with Crippen molar-refractivity contribution in [2.75, 3.05) is 0 Å². The van der Waals surface area contributed by atoms with Crippen molar-refractivity contribution < 1.29 is 4.39 Å². The van der Waals surface area contributed by atoms with Crippen LogP contribution in [0.4, 0.5) is 4.39 Å². The second-order valence-electron chi connectivity index (χ2n) is 6.89. The van der Waals surface area contributed by atoms with Crippen LogP contribution in [0.5, 0.6) is 0 Å². The van der Waals surface area contributed by atoms with E-state index in [1.54, 1.807) is 13.8 Å². The van der Waals surface area contributed by atoms with Gasteiger partial charge in [-0.2, -0.15) is 0 Å². The van der Waals surface area contributed by atoms with Crippen molar-refractivity contribution in [2.45, 2.75) is 20.8 Å². The Labute approximate surface area is 153 Å². The van der Waals surface area contributed by atoms with Gasteiger partial charge in [-0.05, 0) is 72.7 Å². The number of nitrogens with zero attached hydrogens (tertiary/aromatic N) is 1. The van der Waals surface area contributed by atoms with Gasteiger partial charge in [-0.1, -0.05) is 42.0 Å². The Hall–Kier alpha value is -3.00. The van der Waals surface area contributed by atoms with E-state index in [1.807, 2.05) is 24.4 Å². The average molecular weight is 341 g/mol. The third-order valence-corrected chi connectivity index (χ3v) is 4.83. The zero-order chi connectivity index (χ0) is 18.3. The highest BCUT2D eigenvalue weighted by atomic mass is 19.1. The number of pyridine rings is 1. The van der Waals surface area contributed by atoms with E-state index in [4.69, 9.17) is 0 Å². The molecule has 0 saturated carbocycles. The first kappa shape index (κ1) is 16.5. The molecule has 2 heteroatoms. The highest BCUT2D eigenvalue weighted by molar-refractivity contribution is 5.96. The Balaban J connectivity index is 1.88. The van der Waals surface area contributed by atoms with Crippen LogP contribution < -0.4 is 0 Å². The SMILES string of the molecule is Cc1cccc(-c2ccc3c(-c4cc(C)c(F)c(C)c4)nccc3c2)c1. The van der Waals surface area contributed by atoms with Crippen molar-refractivity contribution in [1.29, 1.82) is 0 Å². The molecule has 26 heavy (non-hydrogen) atoms. The minimum atomic E-state index is -0.143. The number of hydrogen-bond donors (Lipinski definition) is 0. The molecule has 1 nitrogen and oxygen atoms in total. The molecule has 4 rings (SSSR count). The van der Waals surface area contributed by atoms with Crippen molar-refractivity contribution in [2.24, 2.45) is 0 Å². The first-order valence-corrected chi connectivity index (χ1v) is 8.76. The molecular weight excluding hydrogens is 321 g/mol. The standard InChI is InChI=1S/C24H20FN/c1-15-5-4-6-18(11-15)19-7-8-22-20(14-19)9-10-26-24(22)21-12-16(2)23(25)17(3)13-21/h4-14H,1-3H3. The van der Waals surface area contributed by atoms with Crippen molar-refractivity contribution in [3.05, 3.63) is 89.4 Å². The van der Waals surface area contributed by atoms with Gasteiger partial charge in [0.2, 0.25) is 0 Å². The maximum atomic E-state index is 14.0. The van der Waals surface area contributed by atoms with Gasteiger partial charge in [0.15, 0.2) is 0 Å². The van der Waals surface area contributed by atoms with Gasteiger partial charge in [0.05, 0.1) is 5.69 Å². The molecule has 0 amide bonds. The summed E-state index contributed by atoms with van der Waals surface area (Å²) >= 11 is 0. The molecule has 4 aromatic rings. The summed E-state index contributed by atoms with van der Waals surface area (Å²) < 4.78 is 14.0. The van der Waals surface area contributed by atoms with Crippen LogP contribution >= 0.6 is 0 Å². The number of aryl methyl sites for hydroxylation is 3. The van der Waals surface area contributed by atoms with E-state index in [1.165, 1.54) is 16.7 Å². The minimum absolute atomic E-state index is 0.143. The average Bonchev–Trinajstić information content (AvgIpc) is 2.64. The van der Waals surface area contributed by atoms with Crippen LogP contribution in [0.15, 0.2) is 66.9 Å². The summed E-state index contributed by atoms with van der Waals surface area (Å²) in [6.45, 7) is 5.70. The molecular formula is C24H20FN. The second-order valence-corrected chi connectivity index (χ2v) is 6.89. The van der Waals surface area contributed by atoms with Gasteiger partial charge >= 0.3 is 0 Å². The van der Waals surface area contributed by atoms with E-state index in [9.17, 15) is 4.39 Å². The monoisotopic (exact) mass is 341 g/mol. The Morgan fingerprint density at radius 3 is 2.19 bits per heavy atom. The number of benzene rings is 3. The van der Waals surface area contributed by atoms with E-state index in [0.29, 0.717) is 11.1 Å². The summed E-state index contributed by atoms with van der Waals surface area (Å²) in [6, 6.07) is 20.7. The van der Waals surface area contributed by atoms with E-state index < -0.39 is 0 Å². The Bertz CT molecular complexity index is 1110. The zero-order valence-corrected chi connectivity index (χ0v) is 15.2. The lowest BCUT2D eigenvalue weighted by molar-refractivity contribution is 0.609. The topological polar surface area (TPSA) is 12.9 Å². The Kier molecular flexibility index (Phi) is 4.04. The lowest BCUT2D eigenvalue weighted by atomic mass is 9.96. The molecule has 128 valence electrons. The van der Waals surface area contributed by atoms with E-state index in [0.717, 1.165) is 22.0 Å².